The Morgan fingerprint density at radius 2 is 1.09 bits per heavy atom. The molecular formula is C8H18N2Ni. The molecule has 70 valence electrons. The van der Waals surface area contributed by atoms with Gasteiger partial charge in [-0.15, -0.1) is 12.1 Å². The molecule has 0 aromatic heterocycles. The summed E-state index contributed by atoms with van der Waals surface area (Å²) in [6, 6.07) is 0.921. The van der Waals surface area contributed by atoms with Gasteiger partial charge in [0.1, 0.15) is 0 Å². The van der Waals surface area contributed by atoms with Crippen LogP contribution in [0.25, 0.3) is 10.6 Å². The summed E-state index contributed by atoms with van der Waals surface area (Å²) in [5.41, 5.74) is 0. The topological polar surface area (TPSA) is 28.2 Å². The Hall–Kier alpha value is 0.414. The van der Waals surface area contributed by atoms with Gasteiger partial charge in [-0.05, 0) is 0 Å². The monoisotopic (exact) mass is 200 g/mol. The van der Waals surface area contributed by atoms with Gasteiger partial charge in [-0.2, -0.15) is 13.1 Å². The fourth-order valence-corrected chi connectivity index (χ4v) is 0.632. The van der Waals surface area contributed by atoms with Gasteiger partial charge in [-0.3, -0.25) is 0 Å². The van der Waals surface area contributed by atoms with Crippen LogP contribution in [-0.2, 0) is 16.5 Å². The zero-order chi connectivity index (χ0) is 7.98. The van der Waals surface area contributed by atoms with E-state index in [1.165, 1.54) is 0 Å². The van der Waals surface area contributed by atoms with Crippen molar-refractivity contribution < 1.29 is 16.5 Å². The van der Waals surface area contributed by atoms with Gasteiger partial charge in [-0.1, -0.05) is 27.7 Å². The van der Waals surface area contributed by atoms with E-state index in [-0.39, 0.29) is 16.5 Å². The Labute approximate surface area is 80.4 Å². The molecule has 0 aliphatic rings. The third-order valence-corrected chi connectivity index (χ3v) is 1.09. The van der Waals surface area contributed by atoms with Gasteiger partial charge >= 0.3 is 16.5 Å². The Morgan fingerprint density at radius 3 is 1.27 bits per heavy atom. The van der Waals surface area contributed by atoms with Crippen LogP contribution in [0.5, 0.6) is 0 Å². The molecule has 2 nitrogen and oxygen atoms in total. The second-order valence-electron chi connectivity index (χ2n) is 3.00. The van der Waals surface area contributed by atoms with E-state index in [0.29, 0.717) is 12.1 Å². The van der Waals surface area contributed by atoms with Crippen molar-refractivity contribution >= 4 is 0 Å². The van der Waals surface area contributed by atoms with Crippen LogP contribution in [0.15, 0.2) is 0 Å². The van der Waals surface area contributed by atoms with Gasteiger partial charge in [0.2, 0.25) is 0 Å². The summed E-state index contributed by atoms with van der Waals surface area (Å²) in [7, 11) is 0. The second kappa shape index (κ2) is 8.51. The van der Waals surface area contributed by atoms with E-state index in [4.69, 9.17) is 0 Å². The SMILES string of the molecule is CC(C)[N-]CC[N-]C(C)C.[Ni+2]. The molecule has 0 aliphatic carbocycles. The minimum Gasteiger partial charge on any atom is -0.661 e. The summed E-state index contributed by atoms with van der Waals surface area (Å²) in [6.07, 6.45) is 0. The first-order valence-electron chi connectivity index (χ1n) is 3.96. The minimum absolute atomic E-state index is 0. The predicted octanol–water partition coefficient (Wildman–Crippen LogP) is 2.55. The van der Waals surface area contributed by atoms with Crippen molar-refractivity contribution in [1.29, 1.82) is 0 Å². The minimum atomic E-state index is 0. The van der Waals surface area contributed by atoms with E-state index in [2.05, 4.69) is 38.3 Å². The van der Waals surface area contributed by atoms with E-state index in [9.17, 15) is 0 Å². The van der Waals surface area contributed by atoms with Crippen molar-refractivity contribution in [2.24, 2.45) is 0 Å². The largest absolute Gasteiger partial charge is 2.00 e. The second-order valence-corrected chi connectivity index (χ2v) is 3.00. The molecule has 0 aromatic carbocycles. The molecule has 11 heavy (non-hydrogen) atoms. The zero-order valence-electron chi connectivity index (χ0n) is 7.78. The molecule has 0 aliphatic heterocycles. The fraction of sp³-hybridized carbons (Fsp3) is 1.00. The smallest absolute Gasteiger partial charge is 0.661 e. The van der Waals surface area contributed by atoms with Gasteiger partial charge in [0.05, 0.1) is 0 Å². The van der Waals surface area contributed by atoms with E-state index in [1.54, 1.807) is 0 Å². The maximum atomic E-state index is 4.30. The van der Waals surface area contributed by atoms with Crippen molar-refractivity contribution in [3.05, 3.63) is 10.6 Å². The summed E-state index contributed by atoms with van der Waals surface area (Å²) < 4.78 is 0. The quantitative estimate of drug-likeness (QED) is 0.482. The van der Waals surface area contributed by atoms with Crippen LogP contribution < -0.4 is 0 Å². The number of hydrogen-bond donors (Lipinski definition) is 0. The van der Waals surface area contributed by atoms with Gasteiger partial charge in [0.25, 0.3) is 0 Å². The van der Waals surface area contributed by atoms with Crippen molar-refractivity contribution in [3.8, 4) is 0 Å². The van der Waals surface area contributed by atoms with Gasteiger partial charge in [-0.25, -0.2) is 0 Å². The Bertz CT molecular complexity index is 64.5. The van der Waals surface area contributed by atoms with Crippen LogP contribution in [0, 0.1) is 0 Å². The summed E-state index contributed by atoms with van der Waals surface area (Å²) in [6.45, 7) is 10.1. The maximum absolute atomic E-state index is 4.30. The molecule has 0 spiro atoms. The third kappa shape index (κ3) is 13.4. The van der Waals surface area contributed by atoms with Gasteiger partial charge in [0, 0.05) is 0 Å². The standard InChI is InChI=1S/C8H18N2.Ni/c1-7(2)9-5-6-10-8(3)4;/h7-8H,5-6H2,1-4H3;/q-2;+2. The van der Waals surface area contributed by atoms with Crippen LogP contribution in [0.1, 0.15) is 27.7 Å². The zero-order valence-corrected chi connectivity index (χ0v) is 8.77. The molecule has 0 radical (unpaired) electrons. The van der Waals surface area contributed by atoms with Crippen LogP contribution >= 0.6 is 0 Å². The van der Waals surface area contributed by atoms with E-state index >= 15 is 0 Å². The average Bonchev–Trinajstić information content (AvgIpc) is 1.79. The van der Waals surface area contributed by atoms with Crippen molar-refractivity contribution in [2.75, 3.05) is 13.1 Å². The first kappa shape index (κ1) is 14.0. The summed E-state index contributed by atoms with van der Waals surface area (Å²) in [5, 5.41) is 8.61. The Balaban J connectivity index is 0. The summed E-state index contributed by atoms with van der Waals surface area (Å²) in [4.78, 5) is 0. The Kier molecular flexibility index (Phi) is 10.8. The number of hydrogen-bond acceptors (Lipinski definition) is 0. The molecule has 0 atom stereocenters. The van der Waals surface area contributed by atoms with Crippen molar-refractivity contribution in [1.82, 2.24) is 0 Å². The first-order valence-corrected chi connectivity index (χ1v) is 3.96. The van der Waals surface area contributed by atoms with Crippen LogP contribution in [0.3, 0.4) is 0 Å². The number of rotatable bonds is 5. The van der Waals surface area contributed by atoms with Crippen molar-refractivity contribution in [3.63, 3.8) is 0 Å². The molecule has 0 saturated carbocycles. The van der Waals surface area contributed by atoms with Crippen molar-refractivity contribution in [2.45, 2.75) is 39.8 Å². The molecule has 0 unspecified atom stereocenters. The molecule has 0 N–H and O–H groups in total. The fourth-order valence-electron chi connectivity index (χ4n) is 0.632. The predicted molar refractivity (Wildman–Crippen MR) is 46.7 cm³/mol. The third-order valence-electron chi connectivity index (χ3n) is 1.09. The van der Waals surface area contributed by atoms with Crippen LogP contribution in [0.2, 0.25) is 0 Å². The molecule has 0 rings (SSSR count). The molecule has 0 bridgehead atoms. The van der Waals surface area contributed by atoms with Gasteiger partial charge < -0.3 is 10.6 Å². The summed E-state index contributed by atoms with van der Waals surface area (Å²) in [5.74, 6) is 0. The first-order chi connectivity index (χ1) is 4.63. The maximum Gasteiger partial charge on any atom is 2.00 e. The van der Waals surface area contributed by atoms with E-state index in [1.807, 2.05) is 0 Å². The average molecular weight is 201 g/mol. The van der Waals surface area contributed by atoms with Crippen LogP contribution in [0.4, 0.5) is 0 Å². The molecule has 0 aromatic rings. The van der Waals surface area contributed by atoms with E-state index in [0.717, 1.165) is 13.1 Å². The normalized spacial score (nSPS) is 10.4. The Morgan fingerprint density at radius 1 is 0.818 bits per heavy atom. The van der Waals surface area contributed by atoms with Crippen LogP contribution in [-0.4, -0.2) is 25.2 Å². The molecule has 0 saturated heterocycles. The summed E-state index contributed by atoms with van der Waals surface area (Å²) >= 11 is 0. The molecular weight excluding hydrogens is 183 g/mol. The molecule has 3 heteroatoms. The molecule has 0 heterocycles. The molecule has 0 fully saturated rings. The molecule has 0 amide bonds. The van der Waals surface area contributed by atoms with Gasteiger partial charge in [0.15, 0.2) is 0 Å². The van der Waals surface area contributed by atoms with E-state index < -0.39 is 0 Å². The number of nitrogens with zero attached hydrogens (tertiary/aromatic N) is 2.